The number of unbranched alkanes of at least 4 members (excludes halogenated alkanes) is 3. The Bertz CT molecular complexity index is 192. The molecule has 0 aliphatic heterocycles. The molecule has 0 aromatic heterocycles. The van der Waals surface area contributed by atoms with E-state index in [1.807, 2.05) is 6.08 Å². The molecule has 2 heteroatoms. The molecule has 0 radical (unpaired) electrons. The number of ether oxygens (including phenoxy) is 1. The van der Waals surface area contributed by atoms with E-state index in [-0.39, 0.29) is 5.97 Å². The van der Waals surface area contributed by atoms with Gasteiger partial charge in [-0.2, -0.15) is 0 Å². The second-order valence-electron chi connectivity index (χ2n) is 3.05. The van der Waals surface area contributed by atoms with Crippen LogP contribution in [0.2, 0.25) is 0 Å². The molecule has 0 amide bonds. The molecule has 0 aliphatic carbocycles. The van der Waals surface area contributed by atoms with Crippen molar-refractivity contribution in [3.8, 4) is 0 Å². The van der Waals surface area contributed by atoms with Crippen LogP contribution in [0.3, 0.4) is 0 Å². The van der Waals surface area contributed by atoms with Crippen molar-refractivity contribution >= 4 is 5.97 Å². The van der Waals surface area contributed by atoms with E-state index in [1.165, 1.54) is 19.1 Å². The van der Waals surface area contributed by atoms with Gasteiger partial charge >= 0.3 is 5.97 Å². The van der Waals surface area contributed by atoms with E-state index in [1.54, 1.807) is 6.92 Å². The number of carbonyl (C=O) groups is 1. The smallest absolute Gasteiger partial charge is 0.337 e. The first-order valence-corrected chi connectivity index (χ1v) is 4.70. The summed E-state index contributed by atoms with van der Waals surface area (Å²) in [4.78, 5) is 10.9. The molecule has 0 bridgehead atoms. The van der Waals surface area contributed by atoms with Crippen LogP contribution in [0.25, 0.3) is 0 Å². The number of hydrogen-bond acceptors (Lipinski definition) is 2. The summed E-state index contributed by atoms with van der Waals surface area (Å²) in [6, 6.07) is 0. The Morgan fingerprint density at radius 1 is 1.46 bits per heavy atom. The lowest BCUT2D eigenvalue weighted by molar-refractivity contribution is -0.133. The number of allylic oxidation sites excluding steroid dienone is 1. The number of rotatable bonds is 6. The van der Waals surface area contributed by atoms with E-state index in [9.17, 15) is 4.79 Å². The summed E-state index contributed by atoms with van der Waals surface area (Å²) in [6.45, 7) is 7.26. The Hall–Kier alpha value is -1.05. The van der Waals surface area contributed by atoms with Gasteiger partial charge in [0.2, 0.25) is 0 Å². The zero-order valence-corrected chi connectivity index (χ0v) is 8.51. The van der Waals surface area contributed by atoms with Gasteiger partial charge in [-0.1, -0.05) is 26.3 Å². The summed E-state index contributed by atoms with van der Waals surface area (Å²) >= 11 is 0. The Balaban J connectivity index is 3.41. The van der Waals surface area contributed by atoms with Gasteiger partial charge in [0.25, 0.3) is 0 Å². The topological polar surface area (TPSA) is 26.3 Å². The molecular formula is C11H18O2. The van der Waals surface area contributed by atoms with Crippen molar-refractivity contribution in [3.63, 3.8) is 0 Å². The van der Waals surface area contributed by atoms with Crippen LogP contribution in [-0.2, 0) is 9.53 Å². The van der Waals surface area contributed by atoms with Crippen LogP contribution in [0.1, 0.15) is 39.5 Å². The second kappa shape index (κ2) is 7.59. The fourth-order valence-corrected chi connectivity index (χ4v) is 0.791. The summed E-state index contributed by atoms with van der Waals surface area (Å²) in [5.41, 5.74) is 0.429. The summed E-state index contributed by atoms with van der Waals surface area (Å²) in [6.07, 6.45) is 7.87. The molecule has 0 aromatic carbocycles. The average molecular weight is 182 g/mol. The van der Waals surface area contributed by atoms with E-state index in [2.05, 4.69) is 13.5 Å². The van der Waals surface area contributed by atoms with Crippen LogP contribution < -0.4 is 0 Å². The zero-order chi connectivity index (χ0) is 10.1. The van der Waals surface area contributed by atoms with Crippen molar-refractivity contribution in [1.82, 2.24) is 0 Å². The average Bonchev–Trinajstić information content (AvgIpc) is 2.10. The molecular weight excluding hydrogens is 164 g/mol. The summed E-state index contributed by atoms with van der Waals surface area (Å²) < 4.78 is 4.76. The molecule has 74 valence electrons. The van der Waals surface area contributed by atoms with Gasteiger partial charge in [0, 0.05) is 5.57 Å². The van der Waals surface area contributed by atoms with Crippen molar-refractivity contribution in [2.45, 2.75) is 39.5 Å². The lowest BCUT2D eigenvalue weighted by atomic mass is 10.2. The first-order valence-electron chi connectivity index (χ1n) is 4.70. The molecule has 0 unspecified atom stereocenters. The lowest BCUT2D eigenvalue weighted by Gasteiger charge is -1.96. The molecule has 2 nitrogen and oxygen atoms in total. The van der Waals surface area contributed by atoms with Gasteiger partial charge in [-0.25, -0.2) is 4.79 Å². The van der Waals surface area contributed by atoms with Gasteiger partial charge in [-0.3, -0.25) is 0 Å². The Morgan fingerprint density at radius 2 is 2.15 bits per heavy atom. The van der Waals surface area contributed by atoms with Crippen LogP contribution >= 0.6 is 0 Å². The third kappa shape index (κ3) is 7.32. The molecule has 13 heavy (non-hydrogen) atoms. The molecule has 0 aliphatic rings. The maximum atomic E-state index is 10.9. The highest BCUT2D eigenvalue weighted by Gasteiger charge is 1.98. The molecule has 0 N–H and O–H groups in total. The predicted octanol–water partition coefficient (Wildman–Crippen LogP) is 3.20. The predicted molar refractivity (Wildman–Crippen MR) is 54.2 cm³/mol. The fraction of sp³-hybridized carbons (Fsp3) is 0.545. The number of hydrogen-bond donors (Lipinski definition) is 0. The van der Waals surface area contributed by atoms with E-state index >= 15 is 0 Å². The summed E-state index contributed by atoms with van der Waals surface area (Å²) in [7, 11) is 0. The molecule has 0 heterocycles. The van der Waals surface area contributed by atoms with Crippen molar-refractivity contribution in [3.05, 3.63) is 24.5 Å². The fourth-order valence-electron chi connectivity index (χ4n) is 0.791. The zero-order valence-electron chi connectivity index (χ0n) is 8.51. The van der Waals surface area contributed by atoms with Crippen molar-refractivity contribution in [2.75, 3.05) is 0 Å². The number of esters is 1. The molecule has 0 fully saturated rings. The van der Waals surface area contributed by atoms with Crippen LogP contribution in [0.5, 0.6) is 0 Å². The van der Waals surface area contributed by atoms with Crippen LogP contribution in [0, 0.1) is 0 Å². The number of carbonyl (C=O) groups excluding carboxylic acids is 1. The first kappa shape index (κ1) is 11.9. The van der Waals surface area contributed by atoms with Gasteiger partial charge < -0.3 is 4.74 Å². The van der Waals surface area contributed by atoms with E-state index in [4.69, 9.17) is 4.74 Å². The Kier molecular flexibility index (Phi) is 6.98. The second-order valence-corrected chi connectivity index (χ2v) is 3.05. The highest BCUT2D eigenvalue weighted by molar-refractivity contribution is 5.87. The maximum Gasteiger partial charge on any atom is 0.337 e. The highest BCUT2D eigenvalue weighted by atomic mass is 16.5. The van der Waals surface area contributed by atoms with Crippen molar-refractivity contribution in [1.29, 1.82) is 0 Å². The highest BCUT2D eigenvalue weighted by Crippen LogP contribution is 2.00. The molecule has 0 atom stereocenters. The van der Waals surface area contributed by atoms with Crippen LogP contribution in [0.4, 0.5) is 0 Å². The van der Waals surface area contributed by atoms with Gasteiger partial charge in [0.05, 0.1) is 6.26 Å². The monoisotopic (exact) mass is 182 g/mol. The summed E-state index contributed by atoms with van der Waals surface area (Å²) in [5.74, 6) is -0.355. The van der Waals surface area contributed by atoms with E-state index in [0.29, 0.717) is 5.57 Å². The lowest BCUT2D eigenvalue weighted by Crippen LogP contribution is -1.98. The Labute approximate surface area is 80.3 Å². The molecule has 0 spiro atoms. The maximum absolute atomic E-state index is 10.9. The third-order valence-electron chi connectivity index (χ3n) is 1.59. The molecule has 0 aromatic rings. The molecule has 0 rings (SSSR count). The minimum absolute atomic E-state index is 0.355. The minimum Gasteiger partial charge on any atom is -0.431 e. The minimum atomic E-state index is -0.355. The Morgan fingerprint density at radius 3 is 2.69 bits per heavy atom. The summed E-state index contributed by atoms with van der Waals surface area (Å²) in [5, 5.41) is 0. The molecule has 0 saturated heterocycles. The van der Waals surface area contributed by atoms with Gasteiger partial charge in [0.1, 0.15) is 0 Å². The largest absolute Gasteiger partial charge is 0.431 e. The SMILES string of the molecule is C=C(C)C(=O)O/C=C/CCCCC. The van der Waals surface area contributed by atoms with E-state index < -0.39 is 0 Å². The molecule has 0 saturated carbocycles. The van der Waals surface area contributed by atoms with Crippen LogP contribution in [0.15, 0.2) is 24.5 Å². The van der Waals surface area contributed by atoms with Gasteiger partial charge in [-0.05, 0) is 25.8 Å². The van der Waals surface area contributed by atoms with Gasteiger partial charge in [0.15, 0.2) is 0 Å². The first-order chi connectivity index (χ1) is 6.18. The quantitative estimate of drug-likeness (QED) is 0.273. The van der Waals surface area contributed by atoms with Crippen molar-refractivity contribution in [2.24, 2.45) is 0 Å². The van der Waals surface area contributed by atoms with E-state index in [0.717, 1.165) is 12.8 Å². The van der Waals surface area contributed by atoms with Crippen molar-refractivity contribution < 1.29 is 9.53 Å². The van der Waals surface area contributed by atoms with Gasteiger partial charge in [-0.15, -0.1) is 0 Å². The third-order valence-corrected chi connectivity index (χ3v) is 1.59. The van der Waals surface area contributed by atoms with Crippen LogP contribution in [-0.4, -0.2) is 5.97 Å². The standard InChI is InChI=1S/C11H18O2/c1-4-5-6-7-8-9-13-11(12)10(2)3/h8-9H,2,4-7H2,1,3H3/b9-8+. The normalized spacial score (nSPS) is 10.3.